The van der Waals surface area contributed by atoms with Crippen LogP contribution in [0.4, 0.5) is 5.95 Å². The summed E-state index contributed by atoms with van der Waals surface area (Å²) < 4.78 is 36.8. The Morgan fingerprint density at radius 1 is 1.22 bits per heavy atom. The van der Waals surface area contributed by atoms with Gasteiger partial charge in [0.1, 0.15) is 18.4 Å². The molecular formula is C26H27ClN4O4S. The third-order valence-electron chi connectivity index (χ3n) is 5.84. The third-order valence-corrected chi connectivity index (χ3v) is 6.68. The second kappa shape index (κ2) is 11.1. The van der Waals surface area contributed by atoms with Crippen LogP contribution in [-0.4, -0.2) is 31.2 Å². The molecule has 188 valence electrons. The zero-order chi connectivity index (χ0) is 25.7. The molecule has 0 aliphatic heterocycles. The third kappa shape index (κ3) is 6.25. The van der Waals surface area contributed by atoms with Crippen LogP contribution in [0.5, 0.6) is 11.5 Å². The Bertz CT molecular complexity index is 1410. The van der Waals surface area contributed by atoms with E-state index in [0.717, 1.165) is 37.5 Å². The van der Waals surface area contributed by atoms with E-state index in [2.05, 4.69) is 26.8 Å². The number of aryl methyl sites for hydroxylation is 1. The van der Waals surface area contributed by atoms with Gasteiger partial charge in [0.25, 0.3) is 0 Å². The van der Waals surface area contributed by atoms with Crippen molar-refractivity contribution in [2.24, 2.45) is 0 Å². The summed E-state index contributed by atoms with van der Waals surface area (Å²) in [7, 11) is -3.46. The normalized spacial score (nSPS) is 15.0. The van der Waals surface area contributed by atoms with Gasteiger partial charge in [-0.3, -0.25) is 4.72 Å². The number of ether oxygens (including phenoxy) is 2. The number of halogens is 1. The highest BCUT2D eigenvalue weighted by atomic mass is 35.5. The summed E-state index contributed by atoms with van der Waals surface area (Å²) in [5, 5.41) is 10.1. The molecule has 1 aliphatic carbocycles. The van der Waals surface area contributed by atoms with Crippen LogP contribution >= 0.6 is 11.6 Å². The van der Waals surface area contributed by atoms with Gasteiger partial charge in [-0.25, -0.2) is 18.4 Å². The van der Waals surface area contributed by atoms with Gasteiger partial charge in [0.15, 0.2) is 5.75 Å². The van der Waals surface area contributed by atoms with E-state index < -0.39 is 10.0 Å². The van der Waals surface area contributed by atoms with Crippen LogP contribution in [0.3, 0.4) is 0 Å². The van der Waals surface area contributed by atoms with E-state index in [4.69, 9.17) is 21.1 Å². The highest BCUT2D eigenvalue weighted by Gasteiger charge is 2.24. The topological polar surface area (TPSA) is 114 Å². The molecule has 1 N–H and O–H groups in total. The molecule has 0 fully saturated rings. The molecule has 0 bridgehead atoms. The maximum Gasteiger partial charge on any atom is 0.236 e. The van der Waals surface area contributed by atoms with E-state index in [9.17, 15) is 13.7 Å². The molecule has 1 aliphatic rings. The summed E-state index contributed by atoms with van der Waals surface area (Å²) in [5.74, 6) is 1.28. The Morgan fingerprint density at radius 2 is 2.06 bits per heavy atom. The number of fused-ring (bicyclic) bond motifs is 1. The summed E-state index contributed by atoms with van der Waals surface area (Å²) >= 11 is 6.52. The SMILES string of the molecule is CCCOc1c(Cl)cc(C2CCCc3cc(OCc4ccnc(NS(C)(=O)=O)n4)ccc32)cc1C#N. The van der Waals surface area contributed by atoms with Crippen molar-refractivity contribution < 1.29 is 17.9 Å². The van der Waals surface area contributed by atoms with Crippen LogP contribution in [-0.2, 0) is 23.1 Å². The van der Waals surface area contributed by atoms with Crippen LogP contribution in [0.25, 0.3) is 0 Å². The fourth-order valence-corrected chi connectivity index (χ4v) is 5.04. The molecule has 0 amide bonds. The maximum absolute atomic E-state index is 11.4. The summed E-state index contributed by atoms with van der Waals surface area (Å²) in [5.41, 5.74) is 4.38. The molecule has 1 heterocycles. The van der Waals surface area contributed by atoms with Gasteiger partial charge >= 0.3 is 0 Å². The molecule has 36 heavy (non-hydrogen) atoms. The monoisotopic (exact) mass is 526 g/mol. The first-order valence-corrected chi connectivity index (χ1v) is 14.0. The van der Waals surface area contributed by atoms with E-state index in [0.29, 0.717) is 34.4 Å². The molecule has 4 rings (SSSR count). The zero-order valence-electron chi connectivity index (χ0n) is 20.1. The lowest BCUT2D eigenvalue weighted by Crippen LogP contribution is -2.13. The van der Waals surface area contributed by atoms with Gasteiger partial charge in [0.2, 0.25) is 16.0 Å². The van der Waals surface area contributed by atoms with Gasteiger partial charge in [-0.2, -0.15) is 5.26 Å². The first kappa shape index (κ1) is 25.7. The second-order valence-electron chi connectivity index (χ2n) is 8.68. The van der Waals surface area contributed by atoms with E-state index >= 15 is 0 Å². The van der Waals surface area contributed by atoms with Gasteiger partial charge in [0, 0.05) is 12.1 Å². The van der Waals surface area contributed by atoms with Crippen molar-refractivity contribution >= 4 is 27.6 Å². The molecule has 10 heteroatoms. The van der Waals surface area contributed by atoms with Crippen molar-refractivity contribution in [3.8, 4) is 17.6 Å². The zero-order valence-corrected chi connectivity index (χ0v) is 21.7. The molecule has 0 spiro atoms. The Kier molecular flexibility index (Phi) is 7.97. The van der Waals surface area contributed by atoms with Gasteiger partial charge in [-0.15, -0.1) is 0 Å². The minimum absolute atomic E-state index is 0.00777. The van der Waals surface area contributed by atoms with Gasteiger partial charge in [0.05, 0.1) is 29.1 Å². The molecule has 0 saturated heterocycles. The number of nitriles is 1. The second-order valence-corrected chi connectivity index (χ2v) is 10.8. The molecule has 3 aromatic rings. The summed E-state index contributed by atoms with van der Waals surface area (Å²) in [6.45, 7) is 2.68. The van der Waals surface area contributed by atoms with Crippen molar-refractivity contribution in [2.75, 3.05) is 17.6 Å². The van der Waals surface area contributed by atoms with E-state index in [1.807, 2.05) is 31.2 Å². The van der Waals surface area contributed by atoms with Crippen LogP contribution in [0.1, 0.15) is 60.1 Å². The van der Waals surface area contributed by atoms with E-state index in [1.54, 1.807) is 6.07 Å². The first-order chi connectivity index (χ1) is 17.3. The average molecular weight is 527 g/mol. The van der Waals surface area contributed by atoms with Crippen LogP contribution in [0.2, 0.25) is 5.02 Å². The Hall–Kier alpha value is -3.35. The largest absolute Gasteiger partial charge is 0.491 e. The number of nitrogens with zero attached hydrogens (tertiary/aromatic N) is 3. The number of benzene rings is 2. The highest BCUT2D eigenvalue weighted by molar-refractivity contribution is 7.91. The van der Waals surface area contributed by atoms with Crippen LogP contribution < -0.4 is 14.2 Å². The predicted molar refractivity (Wildman–Crippen MR) is 138 cm³/mol. The van der Waals surface area contributed by atoms with Crippen molar-refractivity contribution in [1.29, 1.82) is 5.26 Å². The van der Waals surface area contributed by atoms with Gasteiger partial charge in [-0.1, -0.05) is 24.6 Å². The fraction of sp³-hybridized carbons (Fsp3) is 0.346. The molecular weight excluding hydrogens is 500 g/mol. The summed E-state index contributed by atoms with van der Waals surface area (Å²) in [4.78, 5) is 8.11. The van der Waals surface area contributed by atoms with Crippen molar-refractivity contribution in [3.05, 3.63) is 75.6 Å². The number of sulfonamides is 1. The molecule has 0 radical (unpaired) electrons. The molecule has 1 atom stereocenters. The van der Waals surface area contributed by atoms with Crippen molar-refractivity contribution in [3.63, 3.8) is 0 Å². The Morgan fingerprint density at radius 3 is 2.81 bits per heavy atom. The maximum atomic E-state index is 11.4. The average Bonchev–Trinajstić information content (AvgIpc) is 2.85. The molecule has 1 aromatic heterocycles. The number of aromatic nitrogens is 2. The Labute approximate surface area is 216 Å². The summed E-state index contributed by atoms with van der Waals surface area (Å²) in [6.07, 6.45) is 6.25. The first-order valence-electron chi connectivity index (χ1n) is 11.7. The number of rotatable bonds is 9. The summed E-state index contributed by atoms with van der Waals surface area (Å²) in [6, 6.07) is 13.7. The van der Waals surface area contributed by atoms with Crippen LogP contribution in [0, 0.1) is 11.3 Å². The fourth-order valence-electron chi connectivity index (χ4n) is 4.32. The lowest BCUT2D eigenvalue weighted by Gasteiger charge is -2.27. The number of nitrogens with one attached hydrogen (secondary N) is 1. The quantitative estimate of drug-likeness (QED) is 0.407. The molecule has 8 nitrogen and oxygen atoms in total. The molecule has 1 unspecified atom stereocenters. The van der Waals surface area contributed by atoms with Crippen molar-refractivity contribution in [1.82, 2.24) is 9.97 Å². The lowest BCUT2D eigenvalue weighted by atomic mass is 9.78. The van der Waals surface area contributed by atoms with Crippen molar-refractivity contribution in [2.45, 2.75) is 45.1 Å². The lowest BCUT2D eigenvalue weighted by molar-refractivity contribution is 0.300. The number of anilines is 1. The van der Waals surface area contributed by atoms with Crippen LogP contribution in [0.15, 0.2) is 42.6 Å². The molecule has 0 saturated carbocycles. The molecule has 2 aromatic carbocycles. The van der Waals surface area contributed by atoms with Gasteiger partial charge < -0.3 is 9.47 Å². The minimum Gasteiger partial charge on any atom is -0.491 e. The highest BCUT2D eigenvalue weighted by Crippen LogP contribution is 2.41. The number of hydrogen-bond acceptors (Lipinski definition) is 7. The predicted octanol–water partition coefficient (Wildman–Crippen LogP) is 5.21. The smallest absolute Gasteiger partial charge is 0.236 e. The van der Waals surface area contributed by atoms with E-state index in [1.165, 1.54) is 17.3 Å². The van der Waals surface area contributed by atoms with Gasteiger partial charge in [-0.05, 0) is 72.7 Å². The minimum atomic E-state index is -3.46. The Balaban J connectivity index is 1.53. The van der Waals surface area contributed by atoms with E-state index in [-0.39, 0.29) is 18.5 Å². The number of hydrogen-bond donors (Lipinski definition) is 1. The standard InChI is InChI=1S/C26H27ClN4O4S/c1-3-11-34-25-19(15-28)12-18(14-24(25)27)22-6-4-5-17-13-21(7-8-23(17)22)35-16-20-9-10-29-26(30-20)31-36(2,32)33/h7-10,12-14,22H,3-6,11,16H2,1-2H3,(H,29,30,31).